The zero-order valence-electron chi connectivity index (χ0n) is 24.2. The Balaban J connectivity index is 1.67. The van der Waals surface area contributed by atoms with Crippen LogP contribution in [0.15, 0.2) is 58.9 Å². The number of carbonyl (C=O) groups is 1. The second kappa shape index (κ2) is 15.2. The average molecular weight is 599 g/mol. The van der Waals surface area contributed by atoms with Crippen LogP contribution in [-0.2, 0) is 15.3 Å². The van der Waals surface area contributed by atoms with E-state index in [-0.39, 0.29) is 5.97 Å². The largest absolute Gasteiger partial charge is 0.490 e. The Hall–Kier alpha value is -3.17. The van der Waals surface area contributed by atoms with Gasteiger partial charge in [-0.15, -0.1) is 5.10 Å². The van der Waals surface area contributed by atoms with Crippen LogP contribution in [0.2, 0.25) is 5.02 Å². The number of anilines is 1. The summed E-state index contributed by atoms with van der Waals surface area (Å²) in [4.78, 5) is 18.1. The Bertz CT molecular complexity index is 1360. The van der Waals surface area contributed by atoms with Crippen molar-refractivity contribution < 1.29 is 19.0 Å². The van der Waals surface area contributed by atoms with E-state index in [1.807, 2.05) is 63.2 Å². The number of aromatic nitrogens is 3. The molecule has 0 amide bonds. The highest BCUT2D eigenvalue weighted by Crippen LogP contribution is 2.40. The van der Waals surface area contributed by atoms with Crippen molar-refractivity contribution in [1.82, 2.24) is 14.8 Å². The van der Waals surface area contributed by atoms with Gasteiger partial charge in [0.2, 0.25) is 11.1 Å². The minimum Gasteiger partial charge on any atom is -0.490 e. The van der Waals surface area contributed by atoms with Gasteiger partial charge in [-0.25, -0.2) is 9.48 Å². The zero-order chi connectivity index (χ0) is 29.2. The molecular formula is C31H39ClN4O4S. The molecule has 8 nitrogen and oxygen atoms in total. The second-order valence-corrected chi connectivity index (χ2v) is 11.1. The van der Waals surface area contributed by atoms with E-state index in [0.717, 1.165) is 30.4 Å². The van der Waals surface area contributed by atoms with Crippen molar-refractivity contribution in [1.29, 1.82) is 0 Å². The molecule has 4 rings (SSSR count). The smallest absolute Gasteiger partial charge is 0.338 e. The Morgan fingerprint density at radius 1 is 1.02 bits per heavy atom. The number of fused-ring (bicyclic) bond motifs is 1. The first kappa shape index (κ1) is 30.8. The molecule has 1 aliphatic rings. The van der Waals surface area contributed by atoms with E-state index in [9.17, 15) is 4.79 Å². The summed E-state index contributed by atoms with van der Waals surface area (Å²) >= 11 is 7.85. The molecular weight excluding hydrogens is 560 g/mol. The van der Waals surface area contributed by atoms with Crippen molar-refractivity contribution in [2.45, 2.75) is 76.8 Å². The van der Waals surface area contributed by atoms with Gasteiger partial charge in [0.1, 0.15) is 6.04 Å². The molecule has 1 unspecified atom stereocenters. The highest BCUT2D eigenvalue weighted by Gasteiger charge is 2.36. The standard InChI is InChI=1S/C31H39ClN4O4S/c1-5-8-9-12-18-39-25-16-15-22(19-26(25)38-7-3)28-27(29(37)40-17-6-2)21(4)33-30-34-31(35-36(28)30)41-20-23-13-10-11-14-24(23)32/h10-11,13-16,19,28H,5-9,12,17-18,20H2,1-4H3,(H,33,34,35). The van der Waals surface area contributed by atoms with E-state index in [1.165, 1.54) is 24.6 Å². The quantitative estimate of drug-likeness (QED) is 0.108. The summed E-state index contributed by atoms with van der Waals surface area (Å²) in [6.07, 6.45) is 5.22. The third-order valence-electron chi connectivity index (χ3n) is 6.64. The van der Waals surface area contributed by atoms with Crippen LogP contribution in [0.25, 0.3) is 0 Å². The van der Waals surface area contributed by atoms with E-state index in [1.54, 1.807) is 4.68 Å². The number of nitrogens with zero attached hydrogens (tertiary/aromatic N) is 3. The molecule has 0 bridgehead atoms. The molecule has 220 valence electrons. The van der Waals surface area contributed by atoms with Crippen LogP contribution >= 0.6 is 23.4 Å². The van der Waals surface area contributed by atoms with Crippen LogP contribution in [0.5, 0.6) is 11.5 Å². The lowest BCUT2D eigenvalue weighted by molar-refractivity contribution is -0.139. The number of allylic oxidation sites excluding steroid dienone is 1. The van der Waals surface area contributed by atoms with Gasteiger partial charge in [-0.3, -0.25) is 0 Å². The fourth-order valence-electron chi connectivity index (χ4n) is 4.59. The summed E-state index contributed by atoms with van der Waals surface area (Å²) in [5.74, 6) is 2.10. The minimum absolute atomic E-state index is 0.334. The number of hydrogen-bond acceptors (Lipinski definition) is 8. The van der Waals surface area contributed by atoms with Crippen LogP contribution in [0.4, 0.5) is 5.95 Å². The third-order valence-corrected chi connectivity index (χ3v) is 7.90. The molecule has 1 aliphatic heterocycles. The molecule has 1 aromatic heterocycles. The van der Waals surface area contributed by atoms with Crippen LogP contribution < -0.4 is 14.8 Å². The van der Waals surface area contributed by atoms with Gasteiger partial charge in [0.05, 0.1) is 25.4 Å². The van der Waals surface area contributed by atoms with E-state index >= 15 is 0 Å². The number of thioether (sulfide) groups is 1. The Morgan fingerprint density at radius 2 is 1.85 bits per heavy atom. The summed E-state index contributed by atoms with van der Waals surface area (Å²) in [7, 11) is 0. The average Bonchev–Trinajstić information content (AvgIpc) is 3.37. The predicted octanol–water partition coefficient (Wildman–Crippen LogP) is 7.82. The number of unbranched alkanes of at least 4 members (excludes halogenated alkanes) is 3. The van der Waals surface area contributed by atoms with Crippen molar-refractivity contribution in [3.05, 3.63) is 69.9 Å². The molecule has 0 saturated carbocycles. The Kier molecular flexibility index (Phi) is 11.4. The summed E-state index contributed by atoms with van der Waals surface area (Å²) in [6, 6.07) is 13.0. The minimum atomic E-state index is -0.560. The number of esters is 1. The fraction of sp³-hybridized carbons (Fsp3) is 0.452. The number of hydrogen-bond donors (Lipinski definition) is 1. The Morgan fingerprint density at radius 3 is 2.61 bits per heavy atom. The van der Waals surface area contributed by atoms with Crippen molar-refractivity contribution in [3.63, 3.8) is 0 Å². The topological polar surface area (TPSA) is 87.5 Å². The van der Waals surface area contributed by atoms with Crippen molar-refractivity contribution >= 4 is 35.3 Å². The molecule has 3 aromatic rings. The predicted molar refractivity (Wildman–Crippen MR) is 164 cm³/mol. The van der Waals surface area contributed by atoms with Crippen LogP contribution in [0, 0.1) is 0 Å². The molecule has 0 aliphatic carbocycles. The lowest BCUT2D eigenvalue weighted by Crippen LogP contribution is -2.29. The number of halogens is 1. The lowest BCUT2D eigenvalue weighted by atomic mass is 9.95. The first-order valence-electron chi connectivity index (χ1n) is 14.3. The van der Waals surface area contributed by atoms with Crippen LogP contribution in [0.1, 0.15) is 77.0 Å². The molecule has 2 heterocycles. The van der Waals surface area contributed by atoms with E-state index < -0.39 is 6.04 Å². The molecule has 0 fully saturated rings. The van der Waals surface area contributed by atoms with Crippen LogP contribution in [-0.4, -0.2) is 40.6 Å². The summed E-state index contributed by atoms with van der Waals surface area (Å²) in [5, 5.41) is 9.37. The number of benzene rings is 2. The molecule has 41 heavy (non-hydrogen) atoms. The van der Waals surface area contributed by atoms with Gasteiger partial charge in [-0.1, -0.05) is 80.7 Å². The van der Waals surface area contributed by atoms with E-state index in [4.69, 9.17) is 35.9 Å². The highest BCUT2D eigenvalue weighted by molar-refractivity contribution is 7.98. The van der Waals surface area contributed by atoms with E-state index in [0.29, 0.717) is 64.5 Å². The molecule has 0 saturated heterocycles. The molecule has 1 N–H and O–H groups in total. The highest BCUT2D eigenvalue weighted by atomic mass is 35.5. The lowest BCUT2D eigenvalue weighted by Gasteiger charge is -2.28. The van der Waals surface area contributed by atoms with Crippen LogP contribution in [0.3, 0.4) is 0 Å². The van der Waals surface area contributed by atoms with E-state index in [2.05, 4.69) is 12.2 Å². The maximum absolute atomic E-state index is 13.4. The summed E-state index contributed by atoms with van der Waals surface area (Å²) in [6.45, 7) is 9.41. The summed E-state index contributed by atoms with van der Waals surface area (Å²) in [5.41, 5.74) is 2.98. The summed E-state index contributed by atoms with van der Waals surface area (Å²) < 4.78 is 19.4. The number of nitrogens with one attached hydrogen (secondary N) is 1. The van der Waals surface area contributed by atoms with Gasteiger partial charge in [0.15, 0.2) is 11.5 Å². The molecule has 0 spiro atoms. The second-order valence-electron chi connectivity index (χ2n) is 9.79. The molecule has 1 atom stereocenters. The maximum Gasteiger partial charge on any atom is 0.338 e. The number of rotatable bonds is 15. The first-order chi connectivity index (χ1) is 20.0. The monoisotopic (exact) mass is 598 g/mol. The SMILES string of the molecule is CCCCCCOc1ccc(C2C(C(=O)OCCC)=C(C)Nc3nc(SCc4ccccc4Cl)nn32)cc1OCC. The molecule has 10 heteroatoms. The fourth-order valence-corrected chi connectivity index (χ4v) is 5.70. The maximum atomic E-state index is 13.4. The van der Waals surface area contributed by atoms with Crippen molar-refractivity contribution in [3.8, 4) is 11.5 Å². The third kappa shape index (κ3) is 7.77. The Labute approximate surface area is 251 Å². The van der Waals surface area contributed by atoms with Gasteiger partial charge in [0, 0.05) is 16.5 Å². The van der Waals surface area contributed by atoms with Gasteiger partial charge < -0.3 is 19.5 Å². The van der Waals surface area contributed by atoms with Gasteiger partial charge >= 0.3 is 5.97 Å². The normalized spacial score (nSPS) is 14.4. The zero-order valence-corrected chi connectivity index (χ0v) is 25.8. The van der Waals surface area contributed by atoms with Gasteiger partial charge in [-0.05, 0) is 56.0 Å². The number of ether oxygens (including phenoxy) is 3. The van der Waals surface area contributed by atoms with Crippen molar-refractivity contribution in [2.24, 2.45) is 0 Å². The van der Waals surface area contributed by atoms with Gasteiger partial charge in [-0.2, -0.15) is 4.98 Å². The molecule has 0 radical (unpaired) electrons. The number of carbonyl (C=O) groups excluding carboxylic acids is 1. The van der Waals surface area contributed by atoms with Gasteiger partial charge in [0.25, 0.3) is 0 Å². The molecule has 2 aromatic carbocycles. The first-order valence-corrected chi connectivity index (χ1v) is 15.7. The van der Waals surface area contributed by atoms with Crippen molar-refractivity contribution in [2.75, 3.05) is 25.1 Å².